The fraction of sp³-hybridized carbons (Fsp3) is 0.417. The Morgan fingerprint density at radius 3 is 2.42 bits per heavy atom. The molecule has 1 N–H and O–H groups in total. The minimum Gasteiger partial charge on any atom is -0.480 e. The van der Waals surface area contributed by atoms with Gasteiger partial charge < -0.3 is 5.11 Å². The van der Waals surface area contributed by atoms with Crippen LogP contribution in [0.1, 0.15) is 11.1 Å². The van der Waals surface area contributed by atoms with Crippen molar-refractivity contribution in [3.05, 3.63) is 35.4 Å². The van der Waals surface area contributed by atoms with Crippen LogP contribution in [0.15, 0.2) is 24.3 Å². The predicted molar refractivity (Wildman–Crippen MR) is 69.7 cm³/mol. The number of carboxylic acid groups (broad SMARTS) is 1. The largest absolute Gasteiger partial charge is 0.480 e. The molecule has 19 heavy (non-hydrogen) atoms. The Morgan fingerprint density at radius 1 is 1.32 bits per heavy atom. The van der Waals surface area contributed by atoms with Crippen LogP contribution in [0.5, 0.6) is 0 Å². The molecule has 2 rings (SSSR count). The van der Waals surface area contributed by atoms with Gasteiger partial charge in [-0.2, -0.15) is 17.0 Å². The van der Waals surface area contributed by atoms with E-state index < -0.39 is 22.2 Å². The molecule has 0 saturated carbocycles. The lowest BCUT2D eigenvalue weighted by molar-refractivity contribution is -0.141. The SMILES string of the molecule is CN(C)S(=O)(=O)N1Cc2ccccc2C[C@H]1C(=O)O. The van der Waals surface area contributed by atoms with E-state index >= 15 is 0 Å². The first-order valence-corrected chi connectivity index (χ1v) is 7.22. The highest BCUT2D eigenvalue weighted by molar-refractivity contribution is 7.86. The van der Waals surface area contributed by atoms with Crippen LogP contribution in [-0.4, -0.2) is 48.2 Å². The van der Waals surface area contributed by atoms with Crippen molar-refractivity contribution in [3.63, 3.8) is 0 Å². The van der Waals surface area contributed by atoms with Crippen LogP contribution in [0.3, 0.4) is 0 Å². The first-order chi connectivity index (χ1) is 8.84. The number of benzene rings is 1. The number of carboxylic acids is 1. The summed E-state index contributed by atoms with van der Waals surface area (Å²) in [4.78, 5) is 11.3. The van der Waals surface area contributed by atoms with Crippen LogP contribution in [0.2, 0.25) is 0 Å². The predicted octanol–water partition coefficient (Wildman–Crippen LogP) is 0.304. The standard InChI is InChI=1S/C12H16N2O4S/c1-13(2)19(17,18)14-8-10-6-4-3-5-9(10)7-11(14)12(15)16/h3-6,11H,7-8H2,1-2H3,(H,15,16)/t11-/m0/s1. The van der Waals surface area contributed by atoms with Crippen LogP contribution >= 0.6 is 0 Å². The van der Waals surface area contributed by atoms with E-state index in [1.165, 1.54) is 14.1 Å². The summed E-state index contributed by atoms with van der Waals surface area (Å²) in [6.45, 7) is 0.0909. The number of carbonyl (C=O) groups is 1. The number of rotatable bonds is 3. The highest BCUT2D eigenvalue weighted by Crippen LogP contribution is 2.26. The third-order valence-corrected chi connectivity index (χ3v) is 5.15. The van der Waals surface area contributed by atoms with Gasteiger partial charge in [0.25, 0.3) is 10.2 Å². The molecule has 0 radical (unpaired) electrons. The number of fused-ring (bicyclic) bond motifs is 1. The maximum Gasteiger partial charge on any atom is 0.322 e. The second kappa shape index (κ2) is 4.92. The molecule has 1 aromatic carbocycles. The molecule has 0 saturated heterocycles. The summed E-state index contributed by atoms with van der Waals surface area (Å²) in [5.74, 6) is -1.13. The Balaban J connectivity index is 2.46. The van der Waals surface area contributed by atoms with E-state index in [0.717, 1.165) is 19.7 Å². The second-order valence-corrected chi connectivity index (χ2v) is 6.76. The zero-order valence-electron chi connectivity index (χ0n) is 10.8. The van der Waals surface area contributed by atoms with E-state index in [9.17, 15) is 18.3 Å². The van der Waals surface area contributed by atoms with Crippen LogP contribution in [0.4, 0.5) is 0 Å². The van der Waals surface area contributed by atoms with Crippen molar-refractivity contribution < 1.29 is 18.3 Å². The fourth-order valence-electron chi connectivity index (χ4n) is 2.16. The third-order valence-electron chi connectivity index (χ3n) is 3.25. The topological polar surface area (TPSA) is 77.9 Å². The highest BCUT2D eigenvalue weighted by Gasteiger charge is 2.39. The molecule has 0 amide bonds. The second-order valence-electron chi connectivity index (χ2n) is 4.66. The van der Waals surface area contributed by atoms with Gasteiger partial charge in [0.15, 0.2) is 0 Å². The van der Waals surface area contributed by atoms with E-state index in [1.54, 1.807) is 0 Å². The third kappa shape index (κ3) is 2.49. The molecule has 1 atom stereocenters. The van der Waals surface area contributed by atoms with E-state index in [0.29, 0.717) is 0 Å². The summed E-state index contributed by atoms with van der Waals surface area (Å²) in [6, 6.07) is 6.26. The molecule has 1 aliphatic rings. The van der Waals surface area contributed by atoms with E-state index in [-0.39, 0.29) is 13.0 Å². The van der Waals surface area contributed by atoms with Crippen LogP contribution in [-0.2, 0) is 28.0 Å². The lowest BCUT2D eigenvalue weighted by Gasteiger charge is -2.34. The van der Waals surface area contributed by atoms with Crippen LogP contribution in [0.25, 0.3) is 0 Å². The molecule has 0 aromatic heterocycles. The molecule has 0 fully saturated rings. The summed E-state index contributed by atoms with van der Waals surface area (Å²) in [6.07, 6.45) is 0.193. The molecule has 104 valence electrons. The van der Waals surface area contributed by atoms with Crippen LogP contribution < -0.4 is 0 Å². The monoisotopic (exact) mass is 284 g/mol. The average molecular weight is 284 g/mol. The summed E-state index contributed by atoms with van der Waals surface area (Å²) < 4.78 is 26.5. The van der Waals surface area contributed by atoms with Gasteiger partial charge in [0.2, 0.25) is 0 Å². The smallest absolute Gasteiger partial charge is 0.322 e. The van der Waals surface area contributed by atoms with Crippen molar-refractivity contribution in [2.75, 3.05) is 14.1 Å². The normalized spacial score (nSPS) is 20.3. The quantitative estimate of drug-likeness (QED) is 0.866. The lowest BCUT2D eigenvalue weighted by atomic mass is 9.96. The number of nitrogens with zero attached hydrogens (tertiary/aromatic N) is 2. The van der Waals surface area contributed by atoms with Crippen molar-refractivity contribution in [2.45, 2.75) is 19.0 Å². The Hall–Kier alpha value is -1.44. The van der Waals surface area contributed by atoms with E-state index in [4.69, 9.17) is 0 Å². The van der Waals surface area contributed by atoms with Crippen molar-refractivity contribution in [3.8, 4) is 0 Å². The average Bonchev–Trinajstić information content (AvgIpc) is 2.36. The van der Waals surface area contributed by atoms with Gasteiger partial charge >= 0.3 is 5.97 Å². The molecule has 1 heterocycles. The van der Waals surface area contributed by atoms with Gasteiger partial charge in [-0.05, 0) is 11.1 Å². The van der Waals surface area contributed by atoms with Gasteiger partial charge in [-0.25, -0.2) is 0 Å². The Labute approximate surface area is 112 Å². The number of aliphatic carboxylic acids is 1. The first-order valence-electron chi connectivity index (χ1n) is 5.83. The molecule has 1 aromatic rings. The van der Waals surface area contributed by atoms with Crippen molar-refractivity contribution in [2.24, 2.45) is 0 Å². The van der Waals surface area contributed by atoms with E-state index in [1.807, 2.05) is 24.3 Å². The van der Waals surface area contributed by atoms with Gasteiger partial charge in [-0.1, -0.05) is 24.3 Å². The molecule has 0 bridgehead atoms. The molecule has 7 heteroatoms. The van der Waals surface area contributed by atoms with Gasteiger partial charge in [-0.3, -0.25) is 4.79 Å². The van der Waals surface area contributed by atoms with Gasteiger partial charge in [0, 0.05) is 27.1 Å². The van der Waals surface area contributed by atoms with Gasteiger partial charge in [-0.15, -0.1) is 0 Å². The van der Waals surface area contributed by atoms with Crippen molar-refractivity contribution in [1.82, 2.24) is 8.61 Å². The summed E-state index contributed by atoms with van der Waals surface area (Å²) in [5, 5.41) is 9.25. The Morgan fingerprint density at radius 2 is 1.89 bits per heavy atom. The molecule has 0 unspecified atom stereocenters. The molecular formula is C12H16N2O4S. The van der Waals surface area contributed by atoms with Gasteiger partial charge in [0.1, 0.15) is 6.04 Å². The number of hydrogen-bond donors (Lipinski definition) is 1. The molecular weight excluding hydrogens is 268 g/mol. The maximum atomic E-state index is 12.2. The summed E-state index contributed by atoms with van der Waals surface area (Å²) in [5.41, 5.74) is 1.74. The van der Waals surface area contributed by atoms with Crippen molar-refractivity contribution in [1.29, 1.82) is 0 Å². The molecule has 6 nitrogen and oxygen atoms in total. The highest BCUT2D eigenvalue weighted by atomic mass is 32.2. The minimum atomic E-state index is -3.75. The Bertz CT molecular complexity index is 598. The van der Waals surface area contributed by atoms with Crippen molar-refractivity contribution >= 4 is 16.2 Å². The maximum absolute atomic E-state index is 12.2. The summed E-state index contributed by atoms with van der Waals surface area (Å²) >= 11 is 0. The van der Waals surface area contributed by atoms with E-state index in [2.05, 4.69) is 0 Å². The molecule has 0 spiro atoms. The Kier molecular flexibility index (Phi) is 3.62. The molecule has 1 aliphatic heterocycles. The van der Waals surface area contributed by atoms with Gasteiger partial charge in [0.05, 0.1) is 0 Å². The molecule has 0 aliphatic carbocycles. The van der Waals surface area contributed by atoms with Crippen LogP contribution in [0, 0.1) is 0 Å². The summed E-state index contributed by atoms with van der Waals surface area (Å²) in [7, 11) is -0.956. The fourth-order valence-corrected chi connectivity index (χ4v) is 3.37. The minimum absolute atomic E-state index is 0.0909. The zero-order chi connectivity index (χ0) is 14.2. The first kappa shape index (κ1) is 14.0. The lowest BCUT2D eigenvalue weighted by Crippen LogP contribution is -2.52. The zero-order valence-corrected chi connectivity index (χ0v) is 11.6. The number of hydrogen-bond acceptors (Lipinski definition) is 3.